The lowest BCUT2D eigenvalue weighted by molar-refractivity contribution is 0.536. The van der Waals surface area contributed by atoms with Crippen LogP contribution in [-0.4, -0.2) is 16.3 Å². The molecule has 0 spiro atoms. The average Bonchev–Trinajstić information content (AvgIpc) is 2.73. The number of hydrogen-bond donors (Lipinski definition) is 1. The summed E-state index contributed by atoms with van der Waals surface area (Å²) in [6.07, 6.45) is 4.49. The lowest BCUT2D eigenvalue weighted by atomic mass is 10.2. The number of halogens is 2. The van der Waals surface area contributed by atoms with Crippen molar-refractivity contribution in [3.63, 3.8) is 0 Å². The molecule has 1 N–H and O–H groups in total. The molecule has 3 nitrogen and oxygen atoms in total. The van der Waals surface area contributed by atoms with Crippen LogP contribution in [0.15, 0.2) is 30.6 Å². The molecule has 0 saturated carbocycles. The predicted molar refractivity (Wildman–Crippen MR) is 65.0 cm³/mol. The van der Waals surface area contributed by atoms with Crippen molar-refractivity contribution in [2.24, 2.45) is 7.05 Å². The number of benzene rings is 1. The summed E-state index contributed by atoms with van der Waals surface area (Å²) in [7, 11) is 1.85. The van der Waals surface area contributed by atoms with Crippen molar-refractivity contribution >= 4 is 0 Å². The van der Waals surface area contributed by atoms with Crippen molar-refractivity contribution in [2.45, 2.75) is 13.0 Å². The minimum atomic E-state index is -0.510. The second-order valence-corrected chi connectivity index (χ2v) is 4.15. The monoisotopic (exact) mass is 251 g/mol. The van der Waals surface area contributed by atoms with E-state index in [2.05, 4.69) is 10.4 Å². The van der Waals surface area contributed by atoms with Crippen molar-refractivity contribution in [3.8, 4) is 0 Å². The van der Waals surface area contributed by atoms with Crippen LogP contribution in [0.5, 0.6) is 0 Å². The Bertz CT molecular complexity index is 502. The zero-order chi connectivity index (χ0) is 13.0. The highest BCUT2D eigenvalue weighted by Gasteiger charge is 2.07. The summed E-state index contributed by atoms with van der Waals surface area (Å²) < 4.78 is 28.3. The summed E-state index contributed by atoms with van der Waals surface area (Å²) in [5.74, 6) is -1.02. The number of hydrogen-bond acceptors (Lipinski definition) is 2. The first-order valence-electron chi connectivity index (χ1n) is 5.78. The molecule has 0 aliphatic carbocycles. The van der Waals surface area contributed by atoms with E-state index in [0.717, 1.165) is 12.0 Å². The van der Waals surface area contributed by atoms with Crippen LogP contribution in [-0.2, 0) is 20.0 Å². The first kappa shape index (κ1) is 12.7. The topological polar surface area (TPSA) is 29.9 Å². The molecule has 0 radical (unpaired) electrons. The van der Waals surface area contributed by atoms with E-state index in [9.17, 15) is 8.78 Å². The standard InChI is InChI=1S/C13H15F2N3/c1-18-9-10(7-17-18)5-6-16-8-11-12(14)3-2-4-13(11)15/h2-4,7,9,16H,5-6,8H2,1H3. The third-order valence-electron chi connectivity index (χ3n) is 2.71. The lowest BCUT2D eigenvalue weighted by Gasteiger charge is -2.06. The molecule has 0 amide bonds. The molecule has 1 heterocycles. The first-order chi connectivity index (χ1) is 8.66. The summed E-state index contributed by atoms with van der Waals surface area (Å²) in [5.41, 5.74) is 1.18. The van der Waals surface area contributed by atoms with Crippen LogP contribution in [0.3, 0.4) is 0 Å². The molecule has 2 rings (SSSR count). The number of aryl methyl sites for hydroxylation is 1. The molecule has 96 valence electrons. The Morgan fingerprint density at radius 3 is 2.61 bits per heavy atom. The summed E-state index contributed by atoms with van der Waals surface area (Å²) in [5, 5.41) is 7.07. The summed E-state index contributed by atoms with van der Waals surface area (Å²) in [6.45, 7) is 0.845. The SMILES string of the molecule is Cn1cc(CCNCc2c(F)cccc2F)cn1. The maximum absolute atomic E-state index is 13.3. The van der Waals surface area contributed by atoms with E-state index >= 15 is 0 Å². The molecular formula is C13H15F2N3. The van der Waals surface area contributed by atoms with E-state index in [4.69, 9.17) is 0 Å². The highest BCUT2D eigenvalue weighted by atomic mass is 19.1. The fraction of sp³-hybridized carbons (Fsp3) is 0.308. The van der Waals surface area contributed by atoms with Crippen LogP contribution in [0, 0.1) is 11.6 Å². The molecule has 5 heteroatoms. The van der Waals surface area contributed by atoms with Gasteiger partial charge in [-0.15, -0.1) is 0 Å². The van der Waals surface area contributed by atoms with Crippen LogP contribution in [0.2, 0.25) is 0 Å². The van der Waals surface area contributed by atoms with Crippen molar-refractivity contribution in [2.75, 3.05) is 6.54 Å². The van der Waals surface area contributed by atoms with E-state index in [1.807, 2.05) is 13.2 Å². The van der Waals surface area contributed by atoms with Crippen LogP contribution >= 0.6 is 0 Å². The van der Waals surface area contributed by atoms with Gasteiger partial charge >= 0.3 is 0 Å². The molecule has 0 atom stereocenters. The van der Waals surface area contributed by atoms with Gasteiger partial charge in [-0.3, -0.25) is 4.68 Å². The third-order valence-corrected chi connectivity index (χ3v) is 2.71. The molecule has 0 aliphatic heterocycles. The second kappa shape index (κ2) is 5.73. The minimum Gasteiger partial charge on any atom is -0.312 e. The van der Waals surface area contributed by atoms with Gasteiger partial charge in [-0.25, -0.2) is 8.78 Å². The maximum Gasteiger partial charge on any atom is 0.130 e. The average molecular weight is 251 g/mol. The quantitative estimate of drug-likeness (QED) is 0.824. The largest absolute Gasteiger partial charge is 0.312 e. The Hall–Kier alpha value is -1.75. The molecule has 0 unspecified atom stereocenters. The van der Waals surface area contributed by atoms with Crippen LogP contribution in [0.4, 0.5) is 8.78 Å². The summed E-state index contributed by atoms with van der Waals surface area (Å²) in [4.78, 5) is 0. The third kappa shape index (κ3) is 3.13. The van der Waals surface area contributed by atoms with Gasteiger partial charge in [-0.05, 0) is 30.7 Å². The van der Waals surface area contributed by atoms with Crippen molar-refractivity contribution in [3.05, 3.63) is 53.4 Å². The number of rotatable bonds is 5. The summed E-state index contributed by atoms with van der Waals surface area (Å²) in [6, 6.07) is 3.90. The fourth-order valence-electron chi connectivity index (χ4n) is 1.75. The maximum atomic E-state index is 13.3. The fourth-order valence-corrected chi connectivity index (χ4v) is 1.75. The zero-order valence-corrected chi connectivity index (χ0v) is 10.2. The van der Waals surface area contributed by atoms with Gasteiger partial charge in [0.05, 0.1) is 6.20 Å². The molecule has 18 heavy (non-hydrogen) atoms. The minimum absolute atomic E-state index is 0.0867. The molecule has 0 saturated heterocycles. The number of nitrogens with zero attached hydrogens (tertiary/aromatic N) is 2. The Balaban J connectivity index is 1.82. The van der Waals surface area contributed by atoms with Gasteiger partial charge in [0.15, 0.2) is 0 Å². The molecule has 0 bridgehead atoms. The molecular weight excluding hydrogens is 236 g/mol. The highest BCUT2D eigenvalue weighted by Crippen LogP contribution is 2.11. The smallest absolute Gasteiger partial charge is 0.130 e. The normalized spacial score (nSPS) is 10.8. The van der Waals surface area contributed by atoms with E-state index in [0.29, 0.717) is 6.54 Å². The van der Waals surface area contributed by atoms with E-state index in [-0.39, 0.29) is 12.1 Å². The van der Waals surface area contributed by atoms with Gasteiger partial charge in [0.1, 0.15) is 11.6 Å². The molecule has 1 aromatic carbocycles. The predicted octanol–water partition coefficient (Wildman–Crippen LogP) is 2.03. The van der Waals surface area contributed by atoms with E-state index in [1.54, 1.807) is 10.9 Å². The Kier molecular flexibility index (Phi) is 4.04. The Labute approximate surface area is 104 Å². The van der Waals surface area contributed by atoms with Gasteiger partial charge in [0, 0.05) is 25.4 Å². The zero-order valence-electron chi connectivity index (χ0n) is 10.2. The van der Waals surface area contributed by atoms with Crippen molar-refractivity contribution < 1.29 is 8.78 Å². The Morgan fingerprint density at radius 2 is 2.00 bits per heavy atom. The molecule has 0 fully saturated rings. The highest BCUT2D eigenvalue weighted by molar-refractivity contribution is 5.19. The molecule has 2 aromatic rings. The Morgan fingerprint density at radius 1 is 1.28 bits per heavy atom. The van der Waals surface area contributed by atoms with Crippen LogP contribution in [0.25, 0.3) is 0 Å². The van der Waals surface area contributed by atoms with Gasteiger partial charge in [0.25, 0.3) is 0 Å². The van der Waals surface area contributed by atoms with Gasteiger partial charge in [-0.1, -0.05) is 6.07 Å². The van der Waals surface area contributed by atoms with Gasteiger partial charge < -0.3 is 5.32 Å². The number of aromatic nitrogens is 2. The van der Waals surface area contributed by atoms with Gasteiger partial charge in [0.2, 0.25) is 0 Å². The van der Waals surface area contributed by atoms with Crippen molar-refractivity contribution in [1.29, 1.82) is 0 Å². The van der Waals surface area contributed by atoms with Crippen LogP contribution in [0.1, 0.15) is 11.1 Å². The number of nitrogens with one attached hydrogen (secondary N) is 1. The second-order valence-electron chi connectivity index (χ2n) is 4.15. The van der Waals surface area contributed by atoms with Crippen molar-refractivity contribution in [1.82, 2.24) is 15.1 Å². The summed E-state index contributed by atoms with van der Waals surface area (Å²) >= 11 is 0. The molecule has 1 aromatic heterocycles. The van der Waals surface area contributed by atoms with Crippen LogP contribution < -0.4 is 5.32 Å². The van der Waals surface area contributed by atoms with Gasteiger partial charge in [-0.2, -0.15) is 5.10 Å². The lowest BCUT2D eigenvalue weighted by Crippen LogP contribution is -2.18. The van der Waals surface area contributed by atoms with E-state index in [1.165, 1.54) is 18.2 Å². The van der Waals surface area contributed by atoms with E-state index < -0.39 is 11.6 Å². The molecule has 0 aliphatic rings. The first-order valence-corrected chi connectivity index (χ1v) is 5.78.